The molecule has 2 aromatic carbocycles. The number of carbonyl (C=O) groups is 1. The predicted octanol–water partition coefficient (Wildman–Crippen LogP) is 10.2. The Balaban J connectivity index is 1.39. The van der Waals surface area contributed by atoms with Crippen LogP contribution < -0.4 is 4.74 Å². The Morgan fingerprint density at radius 2 is 1.17 bits per heavy atom. The third-order valence-corrected chi connectivity index (χ3v) is 7.76. The minimum Gasteiger partial charge on any atom is -0.479 e. The average molecular weight is 573 g/mol. The molecule has 5 nitrogen and oxygen atoms in total. The van der Waals surface area contributed by atoms with E-state index in [1.165, 1.54) is 69.8 Å². The quantitative estimate of drug-likeness (QED) is 0.0938. The second kappa shape index (κ2) is 19.8. The van der Waals surface area contributed by atoms with Crippen molar-refractivity contribution in [1.82, 2.24) is 9.97 Å². The molecule has 1 heterocycles. The number of rotatable bonds is 21. The van der Waals surface area contributed by atoms with Gasteiger partial charge in [0.25, 0.3) is 0 Å². The number of aromatic nitrogens is 2. The molecule has 0 bridgehead atoms. The third-order valence-electron chi connectivity index (χ3n) is 7.76. The lowest BCUT2D eigenvalue weighted by atomic mass is 10.0. The van der Waals surface area contributed by atoms with Crippen molar-refractivity contribution in [2.75, 3.05) is 6.61 Å². The van der Waals surface area contributed by atoms with Crippen LogP contribution in [0, 0.1) is 0 Å². The Hall–Kier alpha value is -3.21. The number of aryl methyl sites for hydroxylation is 1. The number of nitrogens with zero attached hydrogens (tertiary/aromatic N) is 2. The first kappa shape index (κ1) is 33.3. The SMILES string of the molecule is CCCCCCCCCCCCc1ccc(-c2ncc(-c3ccc(OC(C)C(=O)OCCCCCC)cc3)cn2)cc1. The number of benzene rings is 2. The molecule has 0 fully saturated rings. The summed E-state index contributed by atoms with van der Waals surface area (Å²) in [6.07, 6.45) is 22.1. The summed E-state index contributed by atoms with van der Waals surface area (Å²) in [6, 6.07) is 16.3. The van der Waals surface area contributed by atoms with Crippen molar-refractivity contribution in [3.8, 4) is 28.3 Å². The van der Waals surface area contributed by atoms with E-state index < -0.39 is 6.10 Å². The zero-order chi connectivity index (χ0) is 29.8. The standard InChI is InChI=1S/C37H52N2O3/c1-4-6-8-10-11-12-13-14-15-16-18-31-19-21-33(22-20-31)36-38-28-34(29-39-36)32-23-25-35(26-24-32)42-30(3)37(40)41-27-17-9-7-5-2/h19-26,28-30H,4-18,27H2,1-3H3. The van der Waals surface area contributed by atoms with Crippen molar-refractivity contribution < 1.29 is 14.3 Å². The third kappa shape index (κ3) is 12.3. The summed E-state index contributed by atoms with van der Waals surface area (Å²) in [5.74, 6) is 1.03. The maximum Gasteiger partial charge on any atom is 0.347 e. The van der Waals surface area contributed by atoms with E-state index in [-0.39, 0.29) is 5.97 Å². The van der Waals surface area contributed by atoms with Gasteiger partial charge in [-0.1, -0.05) is 127 Å². The number of esters is 1. The molecule has 1 atom stereocenters. The van der Waals surface area contributed by atoms with Crippen LogP contribution in [0.1, 0.15) is 116 Å². The molecule has 0 radical (unpaired) electrons. The summed E-state index contributed by atoms with van der Waals surface area (Å²) in [5.41, 5.74) is 4.34. The van der Waals surface area contributed by atoms with Gasteiger partial charge >= 0.3 is 5.97 Å². The molecule has 42 heavy (non-hydrogen) atoms. The van der Waals surface area contributed by atoms with Gasteiger partial charge in [-0.05, 0) is 49.4 Å². The lowest BCUT2D eigenvalue weighted by Crippen LogP contribution is -2.26. The van der Waals surface area contributed by atoms with E-state index in [1.54, 1.807) is 6.92 Å². The molecular weight excluding hydrogens is 520 g/mol. The topological polar surface area (TPSA) is 61.3 Å². The summed E-state index contributed by atoms with van der Waals surface area (Å²) in [5, 5.41) is 0. The predicted molar refractivity (Wildman–Crippen MR) is 174 cm³/mol. The maximum absolute atomic E-state index is 12.2. The Morgan fingerprint density at radius 3 is 1.76 bits per heavy atom. The monoisotopic (exact) mass is 572 g/mol. The van der Waals surface area contributed by atoms with Gasteiger partial charge in [0.2, 0.25) is 0 Å². The minimum absolute atomic E-state index is 0.327. The van der Waals surface area contributed by atoms with Crippen LogP contribution in [-0.2, 0) is 16.0 Å². The molecule has 0 N–H and O–H groups in total. The van der Waals surface area contributed by atoms with Crippen molar-refractivity contribution in [3.05, 3.63) is 66.5 Å². The summed E-state index contributed by atoms with van der Waals surface area (Å²) in [6.45, 7) is 6.61. The van der Waals surface area contributed by atoms with Gasteiger partial charge in [-0.25, -0.2) is 14.8 Å². The van der Waals surface area contributed by atoms with Crippen LogP contribution in [0.4, 0.5) is 0 Å². The van der Waals surface area contributed by atoms with Gasteiger partial charge in [0, 0.05) is 23.5 Å². The number of carbonyl (C=O) groups excluding carboxylic acids is 1. The van der Waals surface area contributed by atoms with E-state index in [0.717, 1.165) is 54.6 Å². The van der Waals surface area contributed by atoms with Crippen LogP contribution >= 0.6 is 0 Å². The summed E-state index contributed by atoms with van der Waals surface area (Å²) in [7, 11) is 0. The summed E-state index contributed by atoms with van der Waals surface area (Å²) < 4.78 is 11.1. The van der Waals surface area contributed by atoms with Gasteiger partial charge in [-0.3, -0.25) is 0 Å². The first-order chi connectivity index (χ1) is 20.6. The highest BCUT2D eigenvalue weighted by Crippen LogP contribution is 2.24. The molecule has 0 saturated carbocycles. The molecule has 0 amide bonds. The van der Waals surface area contributed by atoms with Crippen LogP contribution in [0.3, 0.4) is 0 Å². The van der Waals surface area contributed by atoms with Gasteiger partial charge in [0.15, 0.2) is 11.9 Å². The lowest BCUT2D eigenvalue weighted by Gasteiger charge is -2.14. The number of unbranched alkanes of at least 4 members (excludes halogenated alkanes) is 12. The van der Waals surface area contributed by atoms with Crippen molar-refractivity contribution in [1.29, 1.82) is 0 Å². The Labute approximate surface area is 254 Å². The highest BCUT2D eigenvalue weighted by molar-refractivity contribution is 5.74. The van der Waals surface area contributed by atoms with Crippen molar-refractivity contribution in [2.24, 2.45) is 0 Å². The largest absolute Gasteiger partial charge is 0.479 e. The second-order valence-electron chi connectivity index (χ2n) is 11.4. The van der Waals surface area contributed by atoms with Crippen LogP contribution in [0.5, 0.6) is 5.75 Å². The molecule has 0 aliphatic carbocycles. The van der Waals surface area contributed by atoms with Crippen molar-refractivity contribution in [2.45, 2.75) is 123 Å². The molecule has 3 rings (SSSR count). The molecule has 1 unspecified atom stereocenters. The summed E-state index contributed by atoms with van der Waals surface area (Å²) in [4.78, 5) is 21.4. The van der Waals surface area contributed by atoms with Crippen LogP contribution in [-0.4, -0.2) is 28.6 Å². The first-order valence-electron chi connectivity index (χ1n) is 16.5. The van der Waals surface area contributed by atoms with Gasteiger partial charge in [-0.15, -0.1) is 0 Å². The van der Waals surface area contributed by atoms with Crippen LogP contribution in [0.25, 0.3) is 22.5 Å². The molecule has 3 aromatic rings. The molecular formula is C37H52N2O3. The fourth-order valence-corrected chi connectivity index (χ4v) is 5.06. The van der Waals surface area contributed by atoms with Gasteiger partial charge in [-0.2, -0.15) is 0 Å². The number of hydrogen-bond donors (Lipinski definition) is 0. The lowest BCUT2D eigenvalue weighted by molar-refractivity contribution is -0.151. The number of hydrogen-bond acceptors (Lipinski definition) is 5. The average Bonchev–Trinajstić information content (AvgIpc) is 3.02. The molecule has 0 spiro atoms. The molecule has 5 heteroatoms. The molecule has 0 saturated heterocycles. The number of ether oxygens (including phenoxy) is 2. The van der Waals surface area contributed by atoms with Gasteiger partial charge < -0.3 is 9.47 Å². The Morgan fingerprint density at radius 1 is 0.643 bits per heavy atom. The maximum atomic E-state index is 12.2. The van der Waals surface area contributed by atoms with E-state index in [9.17, 15) is 4.79 Å². The van der Waals surface area contributed by atoms with E-state index in [1.807, 2.05) is 36.7 Å². The molecule has 228 valence electrons. The van der Waals surface area contributed by atoms with E-state index >= 15 is 0 Å². The van der Waals surface area contributed by atoms with Crippen LogP contribution in [0.15, 0.2) is 60.9 Å². The highest BCUT2D eigenvalue weighted by Gasteiger charge is 2.16. The Kier molecular flexibility index (Phi) is 15.7. The van der Waals surface area contributed by atoms with Crippen LogP contribution in [0.2, 0.25) is 0 Å². The fraction of sp³-hybridized carbons (Fsp3) is 0.541. The summed E-state index contributed by atoms with van der Waals surface area (Å²) >= 11 is 0. The molecule has 0 aliphatic heterocycles. The molecule has 0 aliphatic rings. The normalized spacial score (nSPS) is 11.8. The van der Waals surface area contributed by atoms with E-state index in [0.29, 0.717) is 12.4 Å². The zero-order valence-corrected chi connectivity index (χ0v) is 26.3. The van der Waals surface area contributed by atoms with Crippen molar-refractivity contribution >= 4 is 5.97 Å². The van der Waals surface area contributed by atoms with E-state index in [4.69, 9.17) is 9.47 Å². The first-order valence-corrected chi connectivity index (χ1v) is 16.5. The van der Waals surface area contributed by atoms with E-state index in [2.05, 4.69) is 48.1 Å². The van der Waals surface area contributed by atoms with Gasteiger partial charge in [0.05, 0.1) is 6.61 Å². The van der Waals surface area contributed by atoms with Crippen molar-refractivity contribution in [3.63, 3.8) is 0 Å². The fourth-order valence-electron chi connectivity index (χ4n) is 5.06. The Bertz CT molecular complexity index is 1130. The smallest absolute Gasteiger partial charge is 0.347 e. The van der Waals surface area contributed by atoms with Gasteiger partial charge in [0.1, 0.15) is 5.75 Å². The highest BCUT2D eigenvalue weighted by atomic mass is 16.6. The minimum atomic E-state index is -0.647. The zero-order valence-electron chi connectivity index (χ0n) is 26.3. The second-order valence-corrected chi connectivity index (χ2v) is 11.4. The molecule has 1 aromatic heterocycles.